The first kappa shape index (κ1) is 25.4. The highest BCUT2D eigenvalue weighted by molar-refractivity contribution is 6.12. The fourth-order valence-corrected chi connectivity index (χ4v) is 4.16. The number of carbonyl (C=O) groups excluding carboxylic acids is 3. The second-order valence-electron chi connectivity index (χ2n) is 8.23. The molecule has 2 amide bonds. The van der Waals surface area contributed by atoms with Crippen molar-refractivity contribution in [2.75, 3.05) is 14.2 Å². The molecule has 4 rings (SSSR count). The van der Waals surface area contributed by atoms with Gasteiger partial charge in [0, 0.05) is 30.0 Å². The van der Waals surface area contributed by atoms with E-state index in [0.29, 0.717) is 45.4 Å². The number of hydrogen-bond donors (Lipinski definition) is 2. The molecule has 1 aromatic heterocycles. The van der Waals surface area contributed by atoms with E-state index in [4.69, 9.17) is 9.15 Å². The van der Waals surface area contributed by atoms with Crippen molar-refractivity contribution in [1.82, 2.24) is 10.6 Å². The minimum atomic E-state index is -0.408. The molecular weight excluding hydrogens is 475 g/mol. The summed E-state index contributed by atoms with van der Waals surface area (Å²) in [5, 5.41) is 5.74. The molecule has 4 aromatic rings. The second-order valence-corrected chi connectivity index (χ2v) is 8.23. The van der Waals surface area contributed by atoms with Crippen LogP contribution in [0.5, 0.6) is 0 Å². The number of nitrogens with one attached hydrogen (secondary N) is 2. The van der Waals surface area contributed by atoms with E-state index in [2.05, 4.69) is 17.2 Å². The third-order valence-corrected chi connectivity index (χ3v) is 5.97. The number of fused-ring (bicyclic) bond motifs is 1. The number of amides is 2. The Morgan fingerprint density at radius 2 is 1.78 bits per heavy atom. The Labute approximate surface area is 212 Å². The normalized spacial score (nSPS) is 10.7. The molecule has 0 aliphatic carbocycles. The molecule has 7 nitrogen and oxygen atoms in total. The minimum absolute atomic E-state index is 0.124. The molecule has 37 heavy (non-hydrogen) atoms. The summed E-state index contributed by atoms with van der Waals surface area (Å²) in [5.41, 5.74) is 3.89. The SMILES string of the molecule is C=CNC(=O)c1cccc(-c2cc3c(C(=O)NC)c(-c4ccc(F)cc4)oc3cc2CCC(=O)OC)c1. The summed E-state index contributed by atoms with van der Waals surface area (Å²) in [7, 11) is 2.84. The number of halogens is 1. The van der Waals surface area contributed by atoms with Crippen molar-refractivity contribution in [2.45, 2.75) is 12.8 Å². The van der Waals surface area contributed by atoms with Crippen LogP contribution in [0.15, 0.2) is 77.9 Å². The molecule has 0 aliphatic heterocycles. The van der Waals surface area contributed by atoms with Gasteiger partial charge in [-0.2, -0.15) is 0 Å². The molecule has 1 heterocycles. The summed E-state index contributed by atoms with van der Waals surface area (Å²) in [6.07, 6.45) is 1.77. The van der Waals surface area contributed by atoms with Crippen LogP contribution in [0.25, 0.3) is 33.4 Å². The third-order valence-electron chi connectivity index (χ3n) is 5.97. The minimum Gasteiger partial charge on any atom is -0.469 e. The maximum absolute atomic E-state index is 13.6. The zero-order chi connectivity index (χ0) is 26.5. The van der Waals surface area contributed by atoms with Gasteiger partial charge in [0.05, 0.1) is 12.7 Å². The predicted octanol–water partition coefficient (Wildman–Crippen LogP) is 5.24. The topological polar surface area (TPSA) is 97.6 Å². The van der Waals surface area contributed by atoms with Crippen LogP contribution in [0.1, 0.15) is 32.7 Å². The molecule has 0 atom stereocenters. The molecule has 0 saturated heterocycles. The van der Waals surface area contributed by atoms with E-state index in [9.17, 15) is 18.8 Å². The van der Waals surface area contributed by atoms with Gasteiger partial charge in [0.15, 0.2) is 0 Å². The van der Waals surface area contributed by atoms with E-state index in [0.717, 1.165) is 11.1 Å². The van der Waals surface area contributed by atoms with Gasteiger partial charge in [-0.3, -0.25) is 14.4 Å². The Kier molecular flexibility index (Phi) is 7.48. The average Bonchev–Trinajstić information content (AvgIpc) is 3.29. The number of esters is 1. The molecule has 3 aromatic carbocycles. The standard InChI is InChI=1S/C29H25FN2O5/c1-4-32-28(34)20-7-5-6-18(14-20)22-16-23-24(15-19(22)10-13-25(33)36-3)37-27(26(23)29(35)31-2)17-8-11-21(30)12-9-17/h4-9,11-12,14-16H,1,10,13H2,2-3H3,(H,31,35)(H,32,34). The molecule has 0 spiro atoms. The number of aryl methyl sites for hydroxylation is 1. The zero-order valence-corrected chi connectivity index (χ0v) is 20.4. The average molecular weight is 501 g/mol. The molecule has 188 valence electrons. The van der Waals surface area contributed by atoms with Gasteiger partial charge in [-0.1, -0.05) is 18.7 Å². The largest absolute Gasteiger partial charge is 0.469 e. The first-order valence-corrected chi connectivity index (χ1v) is 11.5. The first-order valence-electron chi connectivity index (χ1n) is 11.5. The van der Waals surface area contributed by atoms with Crippen LogP contribution in [0.2, 0.25) is 0 Å². The summed E-state index contributed by atoms with van der Waals surface area (Å²) in [6, 6.07) is 16.3. The molecule has 0 bridgehead atoms. The third kappa shape index (κ3) is 5.28. The molecule has 8 heteroatoms. The van der Waals surface area contributed by atoms with Crippen LogP contribution >= 0.6 is 0 Å². The van der Waals surface area contributed by atoms with Crippen molar-refractivity contribution in [3.8, 4) is 22.5 Å². The summed E-state index contributed by atoms with van der Waals surface area (Å²) in [5.74, 6) is -1.17. The van der Waals surface area contributed by atoms with Gasteiger partial charge in [0.25, 0.3) is 11.8 Å². The van der Waals surface area contributed by atoms with Crippen molar-refractivity contribution in [3.05, 3.63) is 96.0 Å². The Morgan fingerprint density at radius 1 is 1.03 bits per heavy atom. The molecule has 0 aliphatic rings. The van der Waals surface area contributed by atoms with Crippen molar-refractivity contribution in [2.24, 2.45) is 0 Å². The van der Waals surface area contributed by atoms with Crippen molar-refractivity contribution in [3.63, 3.8) is 0 Å². The maximum Gasteiger partial charge on any atom is 0.305 e. The van der Waals surface area contributed by atoms with E-state index in [1.807, 2.05) is 12.1 Å². The van der Waals surface area contributed by atoms with Crippen LogP contribution < -0.4 is 10.6 Å². The number of methoxy groups -OCH3 is 1. The quantitative estimate of drug-likeness (QED) is 0.322. The molecule has 0 radical (unpaired) electrons. The van der Waals surface area contributed by atoms with E-state index in [1.54, 1.807) is 36.4 Å². The molecule has 0 fully saturated rings. The van der Waals surface area contributed by atoms with Gasteiger partial charge in [-0.05, 0) is 77.8 Å². The lowest BCUT2D eigenvalue weighted by atomic mass is 9.92. The van der Waals surface area contributed by atoms with Gasteiger partial charge in [-0.25, -0.2) is 4.39 Å². The maximum atomic E-state index is 13.6. The highest BCUT2D eigenvalue weighted by atomic mass is 19.1. The Morgan fingerprint density at radius 3 is 2.46 bits per heavy atom. The van der Waals surface area contributed by atoms with Gasteiger partial charge < -0.3 is 19.8 Å². The van der Waals surface area contributed by atoms with Crippen LogP contribution in [-0.4, -0.2) is 31.9 Å². The zero-order valence-electron chi connectivity index (χ0n) is 20.4. The lowest BCUT2D eigenvalue weighted by Gasteiger charge is -2.12. The molecule has 0 saturated carbocycles. The lowest BCUT2D eigenvalue weighted by Crippen LogP contribution is -2.18. The fourth-order valence-electron chi connectivity index (χ4n) is 4.16. The van der Waals surface area contributed by atoms with Gasteiger partial charge in [0.2, 0.25) is 0 Å². The van der Waals surface area contributed by atoms with Gasteiger partial charge in [0.1, 0.15) is 17.2 Å². The Bertz CT molecular complexity index is 1510. The van der Waals surface area contributed by atoms with E-state index in [-0.39, 0.29) is 24.2 Å². The van der Waals surface area contributed by atoms with Crippen molar-refractivity contribution in [1.29, 1.82) is 0 Å². The van der Waals surface area contributed by atoms with Crippen molar-refractivity contribution >= 4 is 28.8 Å². The highest BCUT2D eigenvalue weighted by Crippen LogP contribution is 2.38. The smallest absolute Gasteiger partial charge is 0.305 e. The van der Waals surface area contributed by atoms with Gasteiger partial charge >= 0.3 is 5.97 Å². The fraction of sp³-hybridized carbons (Fsp3) is 0.138. The van der Waals surface area contributed by atoms with Gasteiger partial charge in [-0.15, -0.1) is 0 Å². The second kappa shape index (κ2) is 10.9. The number of benzene rings is 3. The van der Waals surface area contributed by atoms with Crippen LogP contribution in [0, 0.1) is 5.82 Å². The number of hydrogen-bond acceptors (Lipinski definition) is 5. The molecule has 2 N–H and O–H groups in total. The van der Waals surface area contributed by atoms with E-state index in [1.165, 1.54) is 32.5 Å². The first-order chi connectivity index (χ1) is 17.9. The summed E-state index contributed by atoms with van der Waals surface area (Å²) in [4.78, 5) is 37.3. The van der Waals surface area contributed by atoms with Crippen LogP contribution in [-0.2, 0) is 16.0 Å². The summed E-state index contributed by atoms with van der Waals surface area (Å²) >= 11 is 0. The monoisotopic (exact) mass is 500 g/mol. The lowest BCUT2D eigenvalue weighted by molar-refractivity contribution is -0.140. The molecular formula is C29H25FN2O5. The Balaban J connectivity index is 1.95. The number of carbonyl (C=O) groups is 3. The van der Waals surface area contributed by atoms with E-state index >= 15 is 0 Å². The number of ether oxygens (including phenoxy) is 1. The molecule has 0 unspecified atom stereocenters. The highest BCUT2D eigenvalue weighted by Gasteiger charge is 2.24. The predicted molar refractivity (Wildman–Crippen MR) is 138 cm³/mol. The van der Waals surface area contributed by atoms with E-state index < -0.39 is 5.82 Å². The van der Waals surface area contributed by atoms with Crippen LogP contribution in [0.4, 0.5) is 4.39 Å². The number of furan rings is 1. The Hall–Kier alpha value is -4.72. The summed E-state index contributed by atoms with van der Waals surface area (Å²) < 4.78 is 24.5. The van der Waals surface area contributed by atoms with Crippen molar-refractivity contribution < 1.29 is 27.9 Å². The number of rotatable bonds is 8. The summed E-state index contributed by atoms with van der Waals surface area (Å²) in [6.45, 7) is 3.53. The van der Waals surface area contributed by atoms with Crippen LogP contribution in [0.3, 0.4) is 0 Å².